The average molecular weight is 300 g/mol. The molecule has 1 aromatic carbocycles. The topological polar surface area (TPSA) is 0 Å². The first-order valence-corrected chi connectivity index (χ1v) is 5.14. The summed E-state index contributed by atoms with van der Waals surface area (Å²) in [5.74, 6) is -13.2. The lowest BCUT2D eigenvalue weighted by Crippen LogP contribution is -2.24. The van der Waals surface area contributed by atoms with Gasteiger partial charge in [0.05, 0.1) is 5.56 Å². The minimum absolute atomic E-state index is 0.355. The summed E-state index contributed by atoms with van der Waals surface area (Å²) in [4.78, 5) is 0. The van der Waals surface area contributed by atoms with Crippen molar-refractivity contribution in [3.8, 4) is 0 Å². The maximum Gasteiger partial charge on any atom is 0.200 e. The molecule has 0 nitrogen and oxygen atoms in total. The van der Waals surface area contributed by atoms with Gasteiger partial charge in [0.2, 0.25) is 5.82 Å². The van der Waals surface area contributed by atoms with E-state index < -0.39 is 58.4 Å². The van der Waals surface area contributed by atoms with Crippen LogP contribution >= 0.6 is 0 Å². The third kappa shape index (κ3) is 1.99. The number of hydrogen-bond donors (Lipinski definition) is 0. The zero-order valence-corrected chi connectivity index (χ0v) is 9.33. The summed E-state index contributed by atoms with van der Waals surface area (Å²) in [6.45, 7) is 0. The molecule has 108 valence electrons. The highest BCUT2D eigenvalue weighted by molar-refractivity contribution is 5.73. The lowest BCUT2D eigenvalue weighted by atomic mass is 9.93. The van der Waals surface area contributed by atoms with Crippen molar-refractivity contribution in [3.05, 3.63) is 52.6 Å². The van der Waals surface area contributed by atoms with Gasteiger partial charge in [0.1, 0.15) is 5.83 Å². The van der Waals surface area contributed by atoms with E-state index in [1.807, 2.05) is 0 Å². The van der Waals surface area contributed by atoms with E-state index in [0.29, 0.717) is 12.2 Å². The van der Waals surface area contributed by atoms with Gasteiger partial charge in [0.25, 0.3) is 0 Å². The number of alkyl halides is 2. The standard InChI is InChI=1S/C12H4F8/c13-4-2-1-3(6(14)7(4)15)5-8(16)10(18)12(20)11(19)9(5)17/h1-2,6-7H. The molecule has 0 heterocycles. The summed E-state index contributed by atoms with van der Waals surface area (Å²) in [7, 11) is 0. The fourth-order valence-corrected chi connectivity index (χ4v) is 1.73. The Hall–Kier alpha value is -1.86. The molecular formula is C12H4F8. The second-order valence-corrected chi connectivity index (χ2v) is 3.92. The predicted molar refractivity (Wildman–Crippen MR) is 53.2 cm³/mol. The smallest absolute Gasteiger partial charge is 0.200 e. The molecule has 1 aliphatic rings. The van der Waals surface area contributed by atoms with Crippen LogP contribution in [0.3, 0.4) is 0 Å². The number of rotatable bonds is 1. The molecule has 0 amide bonds. The Kier molecular flexibility index (Phi) is 3.58. The summed E-state index contributed by atoms with van der Waals surface area (Å²) < 4.78 is 105. The van der Waals surface area contributed by atoms with Gasteiger partial charge in [-0.15, -0.1) is 0 Å². The third-order valence-electron chi connectivity index (χ3n) is 2.74. The van der Waals surface area contributed by atoms with Crippen LogP contribution in [0, 0.1) is 29.1 Å². The van der Waals surface area contributed by atoms with Crippen LogP contribution in [0.1, 0.15) is 5.56 Å². The van der Waals surface area contributed by atoms with Gasteiger partial charge in [0, 0.05) is 5.57 Å². The highest BCUT2D eigenvalue weighted by Gasteiger charge is 2.37. The summed E-state index contributed by atoms with van der Waals surface area (Å²) in [6, 6.07) is 0. The molecule has 2 unspecified atom stereocenters. The lowest BCUT2D eigenvalue weighted by molar-refractivity contribution is 0.213. The zero-order valence-electron chi connectivity index (χ0n) is 9.33. The Morgan fingerprint density at radius 2 is 1.05 bits per heavy atom. The quantitative estimate of drug-likeness (QED) is 0.412. The van der Waals surface area contributed by atoms with Crippen molar-refractivity contribution < 1.29 is 35.1 Å². The largest absolute Gasteiger partial charge is 0.239 e. The van der Waals surface area contributed by atoms with Crippen molar-refractivity contribution in [2.75, 3.05) is 0 Å². The molecular weight excluding hydrogens is 296 g/mol. The first-order chi connectivity index (χ1) is 9.27. The van der Waals surface area contributed by atoms with E-state index in [2.05, 4.69) is 0 Å². The van der Waals surface area contributed by atoms with Crippen molar-refractivity contribution in [1.82, 2.24) is 0 Å². The van der Waals surface area contributed by atoms with Crippen LogP contribution in [0.2, 0.25) is 0 Å². The molecule has 8 heteroatoms. The second-order valence-electron chi connectivity index (χ2n) is 3.92. The van der Waals surface area contributed by atoms with Gasteiger partial charge in [-0.2, -0.15) is 0 Å². The van der Waals surface area contributed by atoms with Crippen LogP contribution in [-0.2, 0) is 0 Å². The van der Waals surface area contributed by atoms with Crippen molar-refractivity contribution >= 4 is 5.57 Å². The monoisotopic (exact) mass is 300 g/mol. The van der Waals surface area contributed by atoms with E-state index in [0.717, 1.165) is 0 Å². The Labute approximate surface area is 107 Å². The molecule has 0 N–H and O–H groups in total. The lowest BCUT2D eigenvalue weighted by Gasteiger charge is -2.20. The second kappa shape index (κ2) is 4.92. The molecule has 0 saturated carbocycles. The Balaban J connectivity index is 2.72. The van der Waals surface area contributed by atoms with Gasteiger partial charge >= 0.3 is 0 Å². The van der Waals surface area contributed by atoms with Crippen LogP contribution < -0.4 is 0 Å². The highest BCUT2D eigenvalue weighted by Crippen LogP contribution is 2.36. The van der Waals surface area contributed by atoms with E-state index in [1.54, 1.807) is 0 Å². The fraction of sp³-hybridized carbons (Fsp3) is 0.167. The van der Waals surface area contributed by atoms with Gasteiger partial charge < -0.3 is 0 Å². The number of halogens is 8. The first-order valence-electron chi connectivity index (χ1n) is 5.14. The van der Waals surface area contributed by atoms with Crippen LogP contribution in [-0.4, -0.2) is 12.3 Å². The third-order valence-corrected chi connectivity index (χ3v) is 2.74. The number of hydrogen-bond acceptors (Lipinski definition) is 0. The Bertz CT molecular complexity index is 602. The highest BCUT2D eigenvalue weighted by atomic mass is 19.2. The molecule has 0 saturated heterocycles. The van der Waals surface area contributed by atoms with E-state index in [9.17, 15) is 35.1 Å². The molecule has 0 radical (unpaired) electrons. The molecule has 0 bridgehead atoms. The number of benzene rings is 1. The van der Waals surface area contributed by atoms with Crippen LogP contribution in [0.25, 0.3) is 5.57 Å². The number of allylic oxidation sites excluding steroid dienone is 4. The molecule has 0 fully saturated rings. The SMILES string of the molecule is FC1=CC=C(c2c(F)c(F)c(F)c(F)c2F)C(F)C1F. The fourth-order valence-electron chi connectivity index (χ4n) is 1.73. The minimum atomic E-state index is -2.88. The van der Waals surface area contributed by atoms with E-state index in [1.165, 1.54) is 0 Å². The summed E-state index contributed by atoms with van der Waals surface area (Å²) in [5.41, 5.74) is -2.77. The summed E-state index contributed by atoms with van der Waals surface area (Å²) in [5, 5.41) is 0. The molecule has 0 spiro atoms. The molecule has 2 atom stereocenters. The Morgan fingerprint density at radius 1 is 0.600 bits per heavy atom. The first kappa shape index (κ1) is 14.5. The van der Waals surface area contributed by atoms with Crippen molar-refractivity contribution in [2.24, 2.45) is 0 Å². The minimum Gasteiger partial charge on any atom is -0.239 e. The van der Waals surface area contributed by atoms with Gasteiger partial charge in [-0.05, 0) is 6.08 Å². The van der Waals surface area contributed by atoms with E-state index >= 15 is 0 Å². The maximum atomic E-state index is 13.5. The Morgan fingerprint density at radius 3 is 1.55 bits per heavy atom. The maximum absolute atomic E-state index is 13.5. The van der Waals surface area contributed by atoms with Gasteiger partial charge in [-0.1, -0.05) is 6.08 Å². The zero-order chi connectivity index (χ0) is 15.2. The van der Waals surface area contributed by atoms with E-state index in [4.69, 9.17) is 0 Å². The van der Waals surface area contributed by atoms with Crippen LogP contribution in [0.5, 0.6) is 0 Å². The molecule has 1 aliphatic carbocycles. The molecule has 1 aromatic rings. The molecule has 20 heavy (non-hydrogen) atoms. The normalized spacial score (nSPS) is 22.6. The van der Waals surface area contributed by atoms with Crippen LogP contribution in [0.4, 0.5) is 35.1 Å². The average Bonchev–Trinajstić information content (AvgIpc) is 2.43. The van der Waals surface area contributed by atoms with E-state index in [-0.39, 0.29) is 0 Å². The van der Waals surface area contributed by atoms with Crippen molar-refractivity contribution in [1.29, 1.82) is 0 Å². The molecule has 0 aliphatic heterocycles. The van der Waals surface area contributed by atoms with Gasteiger partial charge in [-0.3, -0.25) is 0 Å². The van der Waals surface area contributed by atoms with Gasteiger partial charge in [0.15, 0.2) is 35.6 Å². The molecule has 0 aromatic heterocycles. The summed E-state index contributed by atoms with van der Waals surface area (Å²) >= 11 is 0. The van der Waals surface area contributed by atoms with Crippen LogP contribution in [0.15, 0.2) is 18.0 Å². The predicted octanol–water partition coefficient (Wildman–Crippen LogP) is 4.31. The van der Waals surface area contributed by atoms with Crippen molar-refractivity contribution in [2.45, 2.75) is 12.3 Å². The van der Waals surface area contributed by atoms with Gasteiger partial charge in [-0.25, -0.2) is 35.1 Å². The molecule has 2 rings (SSSR count). The van der Waals surface area contributed by atoms with Crippen molar-refractivity contribution in [3.63, 3.8) is 0 Å². The summed E-state index contributed by atoms with van der Waals surface area (Å²) in [6.07, 6.45) is -4.97.